The quantitative estimate of drug-likeness (QED) is 0.123. The predicted molar refractivity (Wildman–Crippen MR) is 215 cm³/mol. The second-order valence-corrected chi connectivity index (χ2v) is 27.2. The Labute approximate surface area is 331 Å². The van der Waals surface area contributed by atoms with Gasteiger partial charge in [-0.1, -0.05) is 48.1 Å². The molecule has 3 aromatic heterocycles. The van der Waals surface area contributed by atoms with Gasteiger partial charge < -0.3 is 4.98 Å². The van der Waals surface area contributed by atoms with Crippen LogP contribution in [0.1, 0.15) is 37.7 Å². The van der Waals surface area contributed by atoms with E-state index in [4.69, 9.17) is 4.98 Å². The maximum atomic E-state index is 13.8. The number of fused-ring (bicyclic) bond motifs is 6. The molecule has 1 radical (unpaired) electrons. The normalized spacial score (nSPS) is 18.0. The Morgan fingerprint density at radius 1 is 0.755 bits per heavy atom. The summed E-state index contributed by atoms with van der Waals surface area (Å²) in [6.45, 7) is 0. The molecule has 0 N–H and O–H groups in total. The van der Waals surface area contributed by atoms with Crippen molar-refractivity contribution in [2.24, 2.45) is 17.8 Å². The van der Waals surface area contributed by atoms with Gasteiger partial charge in [-0.3, -0.25) is 0 Å². The molecule has 7 aromatic rings. The molecular formula is C46H42F2GeIrN2S-2. The summed E-state index contributed by atoms with van der Waals surface area (Å²) in [7, 11) is 0. The molecule has 2 bridgehead atoms. The van der Waals surface area contributed by atoms with Gasteiger partial charge in [0.05, 0.1) is 0 Å². The van der Waals surface area contributed by atoms with E-state index in [1.807, 2.05) is 48.8 Å². The van der Waals surface area contributed by atoms with Gasteiger partial charge in [-0.2, -0.15) is 11.3 Å². The van der Waals surface area contributed by atoms with Crippen molar-refractivity contribution in [2.75, 3.05) is 0 Å². The molecule has 1 unspecified atom stereocenters. The van der Waals surface area contributed by atoms with Crippen molar-refractivity contribution in [1.29, 1.82) is 0 Å². The first-order valence-corrected chi connectivity index (χ1v) is 26.6. The van der Waals surface area contributed by atoms with Gasteiger partial charge in [0.25, 0.3) is 0 Å². The maximum Gasteiger partial charge on any atom is 0 e. The second kappa shape index (κ2) is 16.0. The third kappa shape index (κ3) is 8.27. The number of hydrogen-bond acceptors (Lipinski definition) is 3. The van der Waals surface area contributed by atoms with Gasteiger partial charge in [0.15, 0.2) is 11.6 Å². The van der Waals surface area contributed by atoms with Gasteiger partial charge in [0.2, 0.25) is 0 Å². The number of halogens is 2. The molecule has 3 aliphatic rings. The number of rotatable bonds is 6. The van der Waals surface area contributed by atoms with Crippen LogP contribution in [0.4, 0.5) is 8.78 Å². The average molecular weight is 958 g/mol. The number of hydrogen-bond donors (Lipinski definition) is 0. The van der Waals surface area contributed by atoms with E-state index in [0.29, 0.717) is 5.56 Å². The summed E-state index contributed by atoms with van der Waals surface area (Å²) >= 11 is -0.00432. The van der Waals surface area contributed by atoms with Crippen LogP contribution in [0.2, 0.25) is 17.3 Å². The molecule has 2 nitrogen and oxygen atoms in total. The second-order valence-electron chi connectivity index (χ2n) is 15.5. The monoisotopic (exact) mass is 959 g/mol. The van der Waals surface area contributed by atoms with E-state index in [0.717, 1.165) is 67.0 Å². The smallest absolute Gasteiger partial charge is 0 e. The van der Waals surface area contributed by atoms with Crippen LogP contribution in [0.3, 0.4) is 0 Å². The third-order valence-electron chi connectivity index (χ3n) is 11.1. The molecule has 271 valence electrons. The Kier molecular flexibility index (Phi) is 11.4. The first-order valence-electron chi connectivity index (χ1n) is 18.4. The van der Waals surface area contributed by atoms with E-state index in [1.165, 1.54) is 59.6 Å². The van der Waals surface area contributed by atoms with Crippen LogP contribution in [0.15, 0.2) is 109 Å². The van der Waals surface area contributed by atoms with Gasteiger partial charge in [0, 0.05) is 31.0 Å². The number of aromatic nitrogens is 2. The summed E-state index contributed by atoms with van der Waals surface area (Å²) in [4.78, 5) is 9.28. The standard InChI is InChI=1S/C32H26F2NS.C14H16GeN.Ir/c33-28-11-9-22(17-29(28)34)23-8-10-25-26-2-1-3-27(32(26)36-31(25)18-23)30-16-20(12-13-35-30)15-24-14-19-4-6-21(24)7-5-19;1-15(2,3)13-9-10-14(16-11-13)12-7-5-4-6-8-12;/h1-2,8-13,16-19,21,24H,4-7,14-15H2;4-7,9-11H,1-3H3;/q2*-1;. The zero-order valence-corrected chi connectivity index (χ0v) is 35.6. The third-order valence-corrected chi connectivity index (χ3v) is 16.5. The molecule has 3 heterocycles. The van der Waals surface area contributed by atoms with Crippen LogP contribution in [0.25, 0.3) is 53.8 Å². The van der Waals surface area contributed by atoms with Gasteiger partial charge in [-0.25, -0.2) is 8.78 Å². The fourth-order valence-electron chi connectivity index (χ4n) is 8.14. The van der Waals surface area contributed by atoms with Gasteiger partial charge in [-0.15, -0.1) is 23.8 Å². The molecule has 3 saturated carbocycles. The predicted octanol–water partition coefficient (Wildman–Crippen LogP) is 12.3. The van der Waals surface area contributed by atoms with Crippen molar-refractivity contribution in [1.82, 2.24) is 9.97 Å². The molecule has 10 rings (SSSR count). The first-order chi connectivity index (χ1) is 25.2. The zero-order chi connectivity index (χ0) is 35.8. The molecule has 53 heavy (non-hydrogen) atoms. The largest absolute Gasteiger partial charge is 0 e. The van der Waals surface area contributed by atoms with Crippen LogP contribution in [0.5, 0.6) is 0 Å². The van der Waals surface area contributed by atoms with Crippen LogP contribution in [-0.2, 0) is 26.5 Å². The Balaban J connectivity index is 0.000000216. The van der Waals surface area contributed by atoms with Crippen LogP contribution in [0, 0.1) is 41.5 Å². The minimum absolute atomic E-state index is 0. The Morgan fingerprint density at radius 2 is 1.57 bits per heavy atom. The number of pyridine rings is 2. The summed E-state index contributed by atoms with van der Waals surface area (Å²) in [5, 5.41) is 2.34. The van der Waals surface area contributed by atoms with Crippen molar-refractivity contribution in [3.8, 4) is 33.6 Å². The van der Waals surface area contributed by atoms with Crippen molar-refractivity contribution >= 4 is 49.2 Å². The number of benzene rings is 4. The molecule has 3 fully saturated rings. The fourth-order valence-corrected chi connectivity index (χ4v) is 11.6. The van der Waals surface area contributed by atoms with Crippen LogP contribution < -0.4 is 4.40 Å². The Bertz CT molecular complexity index is 2350. The fraction of sp³-hybridized carbons (Fsp3) is 0.261. The summed E-state index contributed by atoms with van der Waals surface area (Å²) < 4.78 is 31.0. The SMILES string of the molecule is Fc1ccc(-c2ccc3c(c2)sc2c(-c4cc(CC5CC6CCC5CC6)ccn4)[c-]ccc23)cc1F.[CH3][Ge]([CH3])([CH3])[c]1ccc(-c2[c-]cccc2)nc1.[Ir]. The van der Waals surface area contributed by atoms with Gasteiger partial charge in [0.1, 0.15) is 0 Å². The number of thiophene rings is 1. The minimum Gasteiger partial charge on any atom is 0 e. The van der Waals surface area contributed by atoms with Crippen LogP contribution in [-0.4, -0.2) is 23.2 Å². The van der Waals surface area contributed by atoms with Crippen molar-refractivity contribution in [3.05, 3.63) is 139 Å². The maximum absolute atomic E-state index is 13.8. The summed E-state index contributed by atoms with van der Waals surface area (Å²) in [6.07, 6.45) is 12.2. The molecular weight excluding hydrogens is 915 g/mol. The molecule has 0 aliphatic heterocycles. The van der Waals surface area contributed by atoms with Gasteiger partial charge in [-0.05, 0) is 94.6 Å². The molecule has 0 saturated heterocycles. The average Bonchev–Trinajstić information content (AvgIpc) is 3.55. The van der Waals surface area contributed by atoms with Crippen molar-refractivity contribution in [2.45, 2.75) is 55.8 Å². The van der Waals surface area contributed by atoms with E-state index in [9.17, 15) is 8.78 Å². The summed E-state index contributed by atoms with van der Waals surface area (Å²) in [5.41, 5.74) is 7.02. The summed E-state index contributed by atoms with van der Waals surface area (Å²) in [5.74, 6) is 8.14. The molecule has 1 atom stereocenters. The summed E-state index contributed by atoms with van der Waals surface area (Å²) in [6, 6.07) is 37.7. The molecule has 3 aliphatic carbocycles. The van der Waals surface area contributed by atoms with E-state index in [1.54, 1.807) is 17.4 Å². The Morgan fingerprint density at radius 3 is 2.26 bits per heavy atom. The molecule has 0 amide bonds. The van der Waals surface area contributed by atoms with Crippen molar-refractivity contribution in [3.63, 3.8) is 0 Å². The van der Waals surface area contributed by atoms with Gasteiger partial charge >= 0.3 is 99.8 Å². The Hall–Kier alpha value is -3.55. The first kappa shape index (κ1) is 37.8. The van der Waals surface area contributed by atoms with Crippen molar-refractivity contribution < 1.29 is 28.9 Å². The van der Waals surface area contributed by atoms with E-state index in [-0.39, 0.29) is 20.1 Å². The van der Waals surface area contributed by atoms with E-state index < -0.39 is 24.9 Å². The van der Waals surface area contributed by atoms with Crippen LogP contribution >= 0.6 is 11.3 Å². The van der Waals surface area contributed by atoms with E-state index >= 15 is 0 Å². The zero-order valence-electron chi connectivity index (χ0n) is 30.3. The van der Waals surface area contributed by atoms with E-state index in [2.05, 4.69) is 76.8 Å². The minimum atomic E-state index is -1.72. The molecule has 4 aromatic carbocycles. The number of nitrogens with zero attached hydrogens (tertiary/aromatic N) is 2. The topological polar surface area (TPSA) is 25.8 Å². The molecule has 7 heteroatoms. The molecule has 0 spiro atoms.